The number of terminal acetylenes is 1. The molecule has 5 nitrogen and oxygen atoms in total. The van der Waals surface area contributed by atoms with Gasteiger partial charge in [-0.05, 0) is 19.8 Å². The molecule has 0 aromatic carbocycles. The van der Waals surface area contributed by atoms with Gasteiger partial charge in [-0.25, -0.2) is 13.1 Å². The van der Waals surface area contributed by atoms with Crippen molar-refractivity contribution in [3.8, 4) is 12.3 Å². The van der Waals surface area contributed by atoms with E-state index in [9.17, 15) is 13.2 Å². The van der Waals surface area contributed by atoms with Crippen LogP contribution in [0.3, 0.4) is 0 Å². The lowest BCUT2D eigenvalue weighted by Crippen LogP contribution is -2.37. The Hall–Kier alpha value is -1.06. The van der Waals surface area contributed by atoms with Crippen LogP contribution >= 0.6 is 0 Å². The Labute approximate surface area is 89.9 Å². The van der Waals surface area contributed by atoms with Crippen LogP contribution in [-0.4, -0.2) is 31.3 Å². The van der Waals surface area contributed by atoms with Crippen molar-refractivity contribution in [2.75, 3.05) is 6.54 Å². The van der Waals surface area contributed by atoms with E-state index in [0.717, 1.165) is 13.3 Å². The van der Waals surface area contributed by atoms with Crippen molar-refractivity contribution in [1.29, 1.82) is 0 Å². The molecule has 0 aliphatic carbocycles. The van der Waals surface area contributed by atoms with Crippen molar-refractivity contribution in [3.05, 3.63) is 0 Å². The van der Waals surface area contributed by atoms with Gasteiger partial charge in [0.1, 0.15) is 0 Å². The summed E-state index contributed by atoms with van der Waals surface area (Å²) < 4.78 is 24.8. The first-order chi connectivity index (χ1) is 6.91. The van der Waals surface area contributed by atoms with Crippen molar-refractivity contribution >= 4 is 16.0 Å². The van der Waals surface area contributed by atoms with Crippen LogP contribution in [0, 0.1) is 12.3 Å². The number of carboxylic acid groups (broad SMARTS) is 1. The second kappa shape index (κ2) is 6.43. The third-order valence-corrected chi connectivity index (χ3v) is 3.60. The van der Waals surface area contributed by atoms with Gasteiger partial charge in [-0.3, -0.25) is 4.79 Å². The minimum absolute atomic E-state index is 0.224. The van der Waals surface area contributed by atoms with Crippen LogP contribution in [0.15, 0.2) is 0 Å². The van der Waals surface area contributed by atoms with Gasteiger partial charge in [0.15, 0.2) is 5.25 Å². The van der Waals surface area contributed by atoms with Crippen LogP contribution in [0.4, 0.5) is 0 Å². The molecule has 0 aromatic heterocycles. The lowest BCUT2D eigenvalue weighted by atomic mass is 10.2. The van der Waals surface area contributed by atoms with E-state index >= 15 is 0 Å². The molecule has 0 heterocycles. The predicted molar refractivity (Wildman–Crippen MR) is 56.7 cm³/mol. The van der Waals surface area contributed by atoms with Crippen LogP contribution in [0.25, 0.3) is 0 Å². The second-order valence-electron chi connectivity index (χ2n) is 3.08. The Kier molecular flexibility index (Phi) is 5.97. The third kappa shape index (κ3) is 5.40. The first-order valence-corrected chi connectivity index (χ1v) is 6.11. The summed E-state index contributed by atoms with van der Waals surface area (Å²) in [5.74, 6) is 1.08. The summed E-state index contributed by atoms with van der Waals surface area (Å²) in [7, 11) is -3.75. The minimum Gasteiger partial charge on any atom is -0.480 e. The first kappa shape index (κ1) is 13.9. The number of unbranched alkanes of at least 4 members (excludes halogenated alkanes) is 2. The molecule has 0 aliphatic rings. The predicted octanol–water partition coefficient (Wildman–Crippen LogP) is 0.182. The van der Waals surface area contributed by atoms with Crippen molar-refractivity contribution in [1.82, 2.24) is 4.72 Å². The van der Waals surface area contributed by atoms with E-state index in [4.69, 9.17) is 11.5 Å². The van der Waals surface area contributed by atoms with Crippen LogP contribution in [-0.2, 0) is 14.8 Å². The smallest absolute Gasteiger partial charge is 0.323 e. The number of sulfonamides is 1. The highest BCUT2D eigenvalue weighted by Gasteiger charge is 2.26. The molecule has 86 valence electrons. The lowest BCUT2D eigenvalue weighted by molar-refractivity contribution is -0.136. The summed E-state index contributed by atoms with van der Waals surface area (Å²) in [6.07, 6.45) is 6.94. The van der Waals surface area contributed by atoms with E-state index in [1.165, 1.54) is 0 Å². The molecule has 0 aliphatic heterocycles. The number of carbonyl (C=O) groups is 1. The molecular weight excluding hydrogens is 218 g/mol. The molecule has 0 amide bonds. The largest absolute Gasteiger partial charge is 0.480 e. The molecule has 2 N–H and O–H groups in total. The van der Waals surface area contributed by atoms with Crippen LogP contribution < -0.4 is 4.72 Å². The Morgan fingerprint density at radius 3 is 2.60 bits per heavy atom. The maximum atomic E-state index is 11.3. The third-order valence-electron chi connectivity index (χ3n) is 1.86. The zero-order chi connectivity index (χ0) is 11.9. The number of rotatable bonds is 7. The van der Waals surface area contributed by atoms with Gasteiger partial charge in [-0.15, -0.1) is 12.3 Å². The van der Waals surface area contributed by atoms with Gasteiger partial charge in [0.05, 0.1) is 0 Å². The molecule has 0 saturated carbocycles. The summed E-state index contributed by atoms with van der Waals surface area (Å²) in [5, 5.41) is 7.09. The van der Waals surface area contributed by atoms with Gasteiger partial charge in [0, 0.05) is 13.0 Å². The molecule has 1 unspecified atom stereocenters. The molecule has 15 heavy (non-hydrogen) atoms. The molecule has 0 aromatic rings. The maximum absolute atomic E-state index is 11.3. The average Bonchev–Trinajstić information content (AvgIpc) is 2.16. The first-order valence-electron chi connectivity index (χ1n) is 4.56. The standard InChI is InChI=1S/C9H15NO4S/c1-3-4-5-6-7-10-15(13,14)8(2)9(11)12/h1,8,10H,4-7H2,2H3,(H,11,12). The molecule has 6 heteroatoms. The van der Waals surface area contributed by atoms with Crippen molar-refractivity contribution in [2.45, 2.75) is 31.4 Å². The average molecular weight is 233 g/mol. The van der Waals surface area contributed by atoms with E-state index in [-0.39, 0.29) is 6.54 Å². The molecule has 0 radical (unpaired) electrons. The highest BCUT2D eigenvalue weighted by Crippen LogP contribution is 1.99. The van der Waals surface area contributed by atoms with Gasteiger partial charge in [-0.2, -0.15) is 0 Å². The van der Waals surface area contributed by atoms with Gasteiger partial charge in [0.25, 0.3) is 0 Å². The second-order valence-corrected chi connectivity index (χ2v) is 5.17. The molecule has 0 saturated heterocycles. The van der Waals surface area contributed by atoms with E-state index in [1.807, 2.05) is 0 Å². The van der Waals surface area contributed by atoms with E-state index in [2.05, 4.69) is 10.6 Å². The number of nitrogens with one attached hydrogen (secondary N) is 1. The molecule has 1 atom stereocenters. The summed E-state index contributed by atoms with van der Waals surface area (Å²) in [6.45, 7) is 1.35. The zero-order valence-corrected chi connectivity index (χ0v) is 9.38. The van der Waals surface area contributed by atoms with Crippen LogP contribution in [0.2, 0.25) is 0 Å². The summed E-state index contributed by atoms with van der Waals surface area (Å²) in [4.78, 5) is 10.4. The summed E-state index contributed by atoms with van der Waals surface area (Å²) in [6, 6.07) is 0. The summed E-state index contributed by atoms with van der Waals surface area (Å²) >= 11 is 0. The fourth-order valence-electron chi connectivity index (χ4n) is 0.824. The van der Waals surface area contributed by atoms with Gasteiger partial charge < -0.3 is 5.11 Å². The highest BCUT2D eigenvalue weighted by atomic mass is 32.2. The fraction of sp³-hybridized carbons (Fsp3) is 0.667. The van der Waals surface area contributed by atoms with Crippen LogP contribution in [0.5, 0.6) is 0 Å². The normalized spacial score (nSPS) is 13.1. The number of carboxylic acids is 1. The van der Waals surface area contributed by atoms with Crippen LogP contribution in [0.1, 0.15) is 26.2 Å². The lowest BCUT2D eigenvalue weighted by Gasteiger charge is -2.09. The molecule has 0 spiro atoms. The minimum atomic E-state index is -3.75. The molecule has 0 rings (SSSR count). The van der Waals surface area contributed by atoms with Crippen molar-refractivity contribution in [3.63, 3.8) is 0 Å². The van der Waals surface area contributed by atoms with Gasteiger partial charge >= 0.3 is 5.97 Å². The number of hydrogen-bond acceptors (Lipinski definition) is 3. The quantitative estimate of drug-likeness (QED) is 0.485. The fourth-order valence-corrected chi connectivity index (χ4v) is 1.77. The van der Waals surface area contributed by atoms with Gasteiger partial charge in [-0.1, -0.05) is 0 Å². The SMILES string of the molecule is C#CCCCCNS(=O)(=O)C(C)C(=O)O. The maximum Gasteiger partial charge on any atom is 0.323 e. The molecule has 0 bridgehead atoms. The highest BCUT2D eigenvalue weighted by molar-refractivity contribution is 7.90. The molecule has 0 fully saturated rings. The van der Waals surface area contributed by atoms with E-state index in [0.29, 0.717) is 12.8 Å². The Morgan fingerprint density at radius 1 is 1.53 bits per heavy atom. The molecular formula is C9H15NO4S. The Balaban J connectivity index is 3.96. The zero-order valence-electron chi connectivity index (χ0n) is 8.56. The van der Waals surface area contributed by atoms with Crippen molar-refractivity contribution < 1.29 is 18.3 Å². The van der Waals surface area contributed by atoms with E-state index < -0.39 is 21.2 Å². The Bertz CT molecular complexity index is 342. The number of aliphatic carboxylic acids is 1. The van der Waals surface area contributed by atoms with E-state index in [1.54, 1.807) is 0 Å². The Morgan fingerprint density at radius 2 is 2.13 bits per heavy atom. The summed E-state index contributed by atoms with van der Waals surface area (Å²) in [5.41, 5.74) is 0. The topological polar surface area (TPSA) is 83.5 Å². The van der Waals surface area contributed by atoms with Gasteiger partial charge in [0.2, 0.25) is 10.0 Å². The van der Waals surface area contributed by atoms with Crippen molar-refractivity contribution in [2.24, 2.45) is 0 Å². The monoisotopic (exact) mass is 233 g/mol. The number of hydrogen-bond donors (Lipinski definition) is 2.